The average molecular weight is 337 g/mol. The van der Waals surface area contributed by atoms with Gasteiger partial charge in [0.2, 0.25) is 0 Å². The molecule has 132 valence electrons. The first-order chi connectivity index (χ1) is 12.2. The molecule has 2 aromatic rings. The number of aryl methyl sites for hydroxylation is 3. The molecule has 3 heteroatoms. The van der Waals surface area contributed by atoms with Crippen LogP contribution in [0.4, 0.5) is 0 Å². The Morgan fingerprint density at radius 2 is 1.80 bits per heavy atom. The summed E-state index contributed by atoms with van der Waals surface area (Å²) in [6.45, 7) is 4.20. The molecule has 0 heterocycles. The largest absolute Gasteiger partial charge is 0.484 e. The van der Waals surface area contributed by atoms with E-state index in [-0.39, 0.29) is 18.6 Å². The van der Waals surface area contributed by atoms with Gasteiger partial charge in [-0.25, -0.2) is 0 Å². The van der Waals surface area contributed by atoms with E-state index in [0.29, 0.717) is 0 Å². The molecule has 25 heavy (non-hydrogen) atoms. The van der Waals surface area contributed by atoms with Crippen LogP contribution in [-0.2, 0) is 17.6 Å². The normalized spacial score (nSPS) is 14.5. The Morgan fingerprint density at radius 3 is 2.52 bits per heavy atom. The molecule has 3 rings (SSSR count). The zero-order valence-corrected chi connectivity index (χ0v) is 15.2. The summed E-state index contributed by atoms with van der Waals surface area (Å²) in [7, 11) is 0. The fraction of sp³-hybridized carbons (Fsp3) is 0.409. The molecule has 1 unspecified atom stereocenters. The van der Waals surface area contributed by atoms with Crippen LogP contribution in [0, 0.1) is 6.92 Å². The van der Waals surface area contributed by atoms with Crippen LogP contribution in [-0.4, -0.2) is 12.5 Å². The third-order valence-corrected chi connectivity index (χ3v) is 4.91. The molecule has 1 aliphatic rings. The molecule has 3 nitrogen and oxygen atoms in total. The van der Waals surface area contributed by atoms with Crippen LogP contribution in [0.3, 0.4) is 0 Å². The van der Waals surface area contributed by atoms with Crippen molar-refractivity contribution in [1.82, 2.24) is 5.32 Å². The summed E-state index contributed by atoms with van der Waals surface area (Å²) in [6.07, 6.45) is 5.64. The van der Waals surface area contributed by atoms with E-state index in [1.807, 2.05) is 6.07 Å². The summed E-state index contributed by atoms with van der Waals surface area (Å²) in [5.41, 5.74) is 5.15. The highest BCUT2D eigenvalue weighted by Gasteiger charge is 2.14. The Bertz CT molecular complexity index is 721. The SMILES string of the molecule is CCC(NC(=O)COc1ccc2c(c1)CCCC2)c1ccc(C)cc1. The lowest BCUT2D eigenvalue weighted by Crippen LogP contribution is -2.32. The van der Waals surface area contributed by atoms with Gasteiger partial charge in [-0.1, -0.05) is 42.8 Å². The number of hydrogen-bond acceptors (Lipinski definition) is 2. The van der Waals surface area contributed by atoms with Crippen molar-refractivity contribution >= 4 is 5.91 Å². The first-order valence-electron chi connectivity index (χ1n) is 9.26. The zero-order chi connectivity index (χ0) is 17.6. The Morgan fingerprint density at radius 1 is 1.08 bits per heavy atom. The number of fused-ring (bicyclic) bond motifs is 1. The van der Waals surface area contributed by atoms with Gasteiger partial charge in [-0.2, -0.15) is 0 Å². The number of carbonyl (C=O) groups excluding carboxylic acids is 1. The predicted octanol–water partition coefficient (Wildman–Crippen LogP) is 4.52. The van der Waals surface area contributed by atoms with Gasteiger partial charge in [0.15, 0.2) is 6.61 Å². The maximum absolute atomic E-state index is 12.3. The molecule has 1 amide bonds. The number of carbonyl (C=O) groups is 1. The minimum atomic E-state index is -0.0786. The van der Waals surface area contributed by atoms with E-state index in [1.165, 1.54) is 29.5 Å². The summed E-state index contributed by atoms with van der Waals surface area (Å²) in [5, 5.41) is 3.07. The van der Waals surface area contributed by atoms with Crippen molar-refractivity contribution in [3.05, 3.63) is 64.7 Å². The third-order valence-electron chi connectivity index (χ3n) is 4.91. The number of rotatable bonds is 6. The zero-order valence-electron chi connectivity index (χ0n) is 15.2. The van der Waals surface area contributed by atoms with Gasteiger partial charge in [0, 0.05) is 0 Å². The second-order valence-corrected chi connectivity index (χ2v) is 6.87. The van der Waals surface area contributed by atoms with E-state index in [0.717, 1.165) is 30.6 Å². The monoisotopic (exact) mass is 337 g/mol. The molecule has 1 N–H and O–H groups in total. The van der Waals surface area contributed by atoms with Crippen molar-refractivity contribution in [3.63, 3.8) is 0 Å². The van der Waals surface area contributed by atoms with Gasteiger partial charge in [-0.05, 0) is 67.9 Å². The van der Waals surface area contributed by atoms with Gasteiger partial charge in [0.25, 0.3) is 5.91 Å². The number of nitrogens with one attached hydrogen (secondary N) is 1. The summed E-state index contributed by atoms with van der Waals surface area (Å²) in [4.78, 5) is 12.3. The molecule has 0 saturated carbocycles. The summed E-state index contributed by atoms with van der Waals surface area (Å²) in [5.74, 6) is 0.712. The van der Waals surface area contributed by atoms with E-state index < -0.39 is 0 Å². The van der Waals surface area contributed by atoms with Crippen LogP contribution in [0.5, 0.6) is 5.75 Å². The number of hydrogen-bond donors (Lipinski definition) is 1. The first-order valence-corrected chi connectivity index (χ1v) is 9.26. The molecule has 0 aromatic heterocycles. The molecule has 0 radical (unpaired) electrons. The summed E-state index contributed by atoms with van der Waals surface area (Å²) >= 11 is 0. The van der Waals surface area contributed by atoms with Gasteiger partial charge >= 0.3 is 0 Å². The molecule has 0 aliphatic heterocycles. The standard InChI is InChI=1S/C22H27NO2/c1-3-21(18-10-8-16(2)9-11-18)23-22(24)15-25-20-13-12-17-6-4-5-7-19(17)14-20/h8-14,21H,3-7,15H2,1-2H3,(H,23,24). The van der Waals surface area contributed by atoms with Gasteiger partial charge in [-0.3, -0.25) is 4.79 Å². The van der Waals surface area contributed by atoms with Crippen molar-refractivity contribution in [2.75, 3.05) is 6.61 Å². The Labute approximate surface area is 150 Å². The Kier molecular flexibility index (Phi) is 5.75. The fourth-order valence-corrected chi connectivity index (χ4v) is 3.40. The maximum atomic E-state index is 12.3. The number of ether oxygens (including phenoxy) is 1. The van der Waals surface area contributed by atoms with Gasteiger partial charge in [0.1, 0.15) is 5.75 Å². The quantitative estimate of drug-likeness (QED) is 0.841. The van der Waals surface area contributed by atoms with Crippen molar-refractivity contribution < 1.29 is 9.53 Å². The van der Waals surface area contributed by atoms with Crippen molar-refractivity contribution in [1.29, 1.82) is 0 Å². The molecule has 1 atom stereocenters. The maximum Gasteiger partial charge on any atom is 0.258 e. The number of benzene rings is 2. The topological polar surface area (TPSA) is 38.3 Å². The van der Waals surface area contributed by atoms with Crippen LogP contribution < -0.4 is 10.1 Å². The molecular formula is C22H27NO2. The van der Waals surface area contributed by atoms with Crippen molar-refractivity contribution in [2.45, 2.75) is 52.0 Å². The smallest absolute Gasteiger partial charge is 0.258 e. The van der Waals surface area contributed by atoms with Crippen LogP contribution in [0.2, 0.25) is 0 Å². The van der Waals surface area contributed by atoms with E-state index in [1.54, 1.807) is 0 Å². The molecule has 2 aromatic carbocycles. The fourth-order valence-electron chi connectivity index (χ4n) is 3.40. The van der Waals surface area contributed by atoms with Gasteiger partial charge in [0.05, 0.1) is 6.04 Å². The lowest BCUT2D eigenvalue weighted by atomic mass is 9.92. The molecule has 0 saturated heterocycles. The van der Waals surface area contributed by atoms with E-state index in [9.17, 15) is 4.79 Å². The Hall–Kier alpha value is -2.29. The minimum absolute atomic E-state index is 0.0280. The number of amides is 1. The highest BCUT2D eigenvalue weighted by atomic mass is 16.5. The van der Waals surface area contributed by atoms with E-state index >= 15 is 0 Å². The van der Waals surface area contributed by atoms with E-state index in [2.05, 4.69) is 55.6 Å². The molecular weight excluding hydrogens is 310 g/mol. The lowest BCUT2D eigenvalue weighted by Gasteiger charge is -2.19. The second kappa shape index (κ2) is 8.19. The molecule has 0 spiro atoms. The van der Waals surface area contributed by atoms with Crippen LogP contribution in [0.1, 0.15) is 54.5 Å². The third kappa shape index (κ3) is 4.62. The van der Waals surface area contributed by atoms with Crippen LogP contribution in [0.15, 0.2) is 42.5 Å². The van der Waals surface area contributed by atoms with Gasteiger partial charge < -0.3 is 10.1 Å². The van der Waals surface area contributed by atoms with Crippen LogP contribution >= 0.6 is 0 Å². The summed E-state index contributed by atoms with van der Waals surface area (Å²) in [6, 6.07) is 14.6. The minimum Gasteiger partial charge on any atom is -0.484 e. The van der Waals surface area contributed by atoms with Crippen molar-refractivity contribution in [2.24, 2.45) is 0 Å². The van der Waals surface area contributed by atoms with Crippen LogP contribution in [0.25, 0.3) is 0 Å². The highest BCUT2D eigenvalue weighted by Crippen LogP contribution is 2.25. The first kappa shape index (κ1) is 17.5. The van der Waals surface area contributed by atoms with Gasteiger partial charge in [-0.15, -0.1) is 0 Å². The van der Waals surface area contributed by atoms with E-state index in [4.69, 9.17) is 4.74 Å². The summed E-state index contributed by atoms with van der Waals surface area (Å²) < 4.78 is 5.72. The molecule has 0 bridgehead atoms. The average Bonchev–Trinajstić information content (AvgIpc) is 2.65. The Balaban J connectivity index is 1.56. The second-order valence-electron chi connectivity index (χ2n) is 6.87. The highest BCUT2D eigenvalue weighted by molar-refractivity contribution is 5.78. The lowest BCUT2D eigenvalue weighted by molar-refractivity contribution is -0.123. The molecule has 0 fully saturated rings. The predicted molar refractivity (Wildman–Crippen MR) is 101 cm³/mol. The van der Waals surface area contributed by atoms with Crippen molar-refractivity contribution in [3.8, 4) is 5.75 Å². The molecule has 1 aliphatic carbocycles.